The first-order chi connectivity index (χ1) is 8.60. The van der Waals surface area contributed by atoms with Crippen molar-refractivity contribution in [3.63, 3.8) is 0 Å². The minimum absolute atomic E-state index is 0.486. The zero-order chi connectivity index (χ0) is 13.0. The highest BCUT2D eigenvalue weighted by Crippen LogP contribution is 2.43. The van der Waals surface area contributed by atoms with E-state index in [-0.39, 0.29) is 0 Å². The van der Waals surface area contributed by atoms with Crippen LogP contribution in [0.2, 0.25) is 5.02 Å². The number of hydrogen-bond donors (Lipinski definition) is 1. The molecule has 0 amide bonds. The lowest BCUT2D eigenvalue weighted by atomic mass is 9.65. The molecule has 2 rings (SSSR count). The second-order valence-corrected chi connectivity index (χ2v) is 6.62. The molecule has 1 fully saturated rings. The molecule has 1 N–H and O–H groups in total. The van der Waals surface area contributed by atoms with E-state index in [9.17, 15) is 0 Å². The van der Waals surface area contributed by atoms with Gasteiger partial charge in [-0.2, -0.15) is 0 Å². The van der Waals surface area contributed by atoms with E-state index >= 15 is 0 Å². The Hall–Kier alpha value is -0.530. The first-order valence-electron chi connectivity index (χ1n) is 7.05. The predicted octanol–water partition coefficient (Wildman–Crippen LogP) is 4.30. The van der Waals surface area contributed by atoms with Gasteiger partial charge in [-0.25, -0.2) is 0 Å². The second kappa shape index (κ2) is 6.08. The van der Waals surface area contributed by atoms with E-state index in [2.05, 4.69) is 37.4 Å². The topological polar surface area (TPSA) is 12.0 Å². The van der Waals surface area contributed by atoms with E-state index in [4.69, 9.17) is 11.6 Å². The van der Waals surface area contributed by atoms with E-state index in [1.165, 1.54) is 31.2 Å². The third kappa shape index (κ3) is 3.73. The van der Waals surface area contributed by atoms with Crippen LogP contribution in [-0.2, 0) is 6.42 Å². The van der Waals surface area contributed by atoms with Crippen LogP contribution in [-0.4, -0.2) is 13.1 Å². The summed E-state index contributed by atoms with van der Waals surface area (Å²) in [6.45, 7) is 6.80. The van der Waals surface area contributed by atoms with Gasteiger partial charge in [-0.3, -0.25) is 0 Å². The van der Waals surface area contributed by atoms with E-state index < -0.39 is 0 Å². The molecular weight excluding hydrogens is 242 g/mol. The Morgan fingerprint density at radius 1 is 1.33 bits per heavy atom. The largest absolute Gasteiger partial charge is 0.316 e. The van der Waals surface area contributed by atoms with Gasteiger partial charge in [0.25, 0.3) is 0 Å². The van der Waals surface area contributed by atoms with Gasteiger partial charge in [0, 0.05) is 11.6 Å². The number of nitrogens with one attached hydrogen (secondary N) is 1. The second-order valence-electron chi connectivity index (χ2n) is 6.18. The van der Waals surface area contributed by atoms with E-state index in [0.29, 0.717) is 5.41 Å². The van der Waals surface area contributed by atoms with Crippen LogP contribution in [0.4, 0.5) is 0 Å². The Bertz CT molecular complexity index is 382. The molecule has 1 aliphatic rings. The fourth-order valence-corrected chi connectivity index (χ4v) is 3.01. The van der Waals surface area contributed by atoms with Crippen LogP contribution in [0.15, 0.2) is 24.3 Å². The van der Waals surface area contributed by atoms with Gasteiger partial charge < -0.3 is 5.32 Å². The lowest BCUT2D eigenvalue weighted by Crippen LogP contribution is -2.42. The molecule has 1 nitrogen and oxygen atoms in total. The molecule has 2 heteroatoms. The Labute approximate surface area is 116 Å². The van der Waals surface area contributed by atoms with Crippen molar-refractivity contribution in [2.75, 3.05) is 13.1 Å². The van der Waals surface area contributed by atoms with Gasteiger partial charge in [-0.1, -0.05) is 44.0 Å². The summed E-state index contributed by atoms with van der Waals surface area (Å²) in [5.41, 5.74) is 1.87. The van der Waals surface area contributed by atoms with Gasteiger partial charge in [0.05, 0.1) is 0 Å². The maximum absolute atomic E-state index is 6.07. The predicted molar refractivity (Wildman–Crippen MR) is 79.1 cm³/mol. The molecule has 0 unspecified atom stereocenters. The van der Waals surface area contributed by atoms with Gasteiger partial charge in [-0.15, -0.1) is 0 Å². The lowest BCUT2D eigenvalue weighted by molar-refractivity contribution is 0.129. The first-order valence-corrected chi connectivity index (χ1v) is 7.43. The first kappa shape index (κ1) is 13.9. The summed E-state index contributed by atoms with van der Waals surface area (Å²) in [7, 11) is 0. The van der Waals surface area contributed by atoms with Gasteiger partial charge in [0.15, 0.2) is 0 Å². The van der Waals surface area contributed by atoms with Crippen molar-refractivity contribution in [1.82, 2.24) is 5.32 Å². The van der Waals surface area contributed by atoms with Gasteiger partial charge in [-0.05, 0) is 54.8 Å². The van der Waals surface area contributed by atoms with Crippen molar-refractivity contribution in [3.8, 4) is 0 Å². The maximum atomic E-state index is 6.07. The van der Waals surface area contributed by atoms with Crippen LogP contribution < -0.4 is 5.32 Å². The Morgan fingerprint density at radius 2 is 2.11 bits per heavy atom. The molecule has 18 heavy (non-hydrogen) atoms. The average molecular weight is 266 g/mol. The standard InChI is InChI=1S/C16H24ClN/c1-13(2)11-18-12-16(7-4-8-16)10-14-5-3-6-15(17)9-14/h3,5-6,9,13,18H,4,7-8,10-12H2,1-2H3. The van der Waals surface area contributed by atoms with Crippen LogP contribution in [0.25, 0.3) is 0 Å². The minimum Gasteiger partial charge on any atom is -0.316 e. The number of benzene rings is 1. The van der Waals surface area contributed by atoms with Crippen molar-refractivity contribution in [2.24, 2.45) is 11.3 Å². The molecule has 100 valence electrons. The molecule has 1 saturated carbocycles. The summed E-state index contributed by atoms with van der Waals surface area (Å²) in [5.74, 6) is 0.730. The molecule has 0 atom stereocenters. The molecule has 0 aromatic heterocycles. The van der Waals surface area contributed by atoms with Crippen molar-refractivity contribution in [1.29, 1.82) is 0 Å². The molecular formula is C16H24ClN. The molecule has 0 radical (unpaired) electrons. The summed E-state index contributed by atoms with van der Waals surface area (Å²) >= 11 is 6.07. The van der Waals surface area contributed by atoms with Crippen molar-refractivity contribution >= 4 is 11.6 Å². The van der Waals surface area contributed by atoms with Gasteiger partial charge >= 0.3 is 0 Å². The third-order valence-corrected chi connectivity index (χ3v) is 4.17. The Kier molecular flexibility index (Phi) is 4.69. The zero-order valence-corrected chi connectivity index (χ0v) is 12.3. The summed E-state index contributed by atoms with van der Waals surface area (Å²) in [4.78, 5) is 0. The zero-order valence-electron chi connectivity index (χ0n) is 11.5. The highest BCUT2D eigenvalue weighted by Gasteiger charge is 2.36. The number of rotatable bonds is 6. The maximum Gasteiger partial charge on any atom is 0.0408 e. The summed E-state index contributed by atoms with van der Waals surface area (Å²) < 4.78 is 0. The monoisotopic (exact) mass is 265 g/mol. The van der Waals surface area contributed by atoms with Crippen LogP contribution in [0.3, 0.4) is 0 Å². The van der Waals surface area contributed by atoms with Gasteiger partial charge in [0.2, 0.25) is 0 Å². The van der Waals surface area contributed by atoms with Crippen molar-refractivity contribution in [2.45, 2.75) is 39.5 Å². The molecule has 0 saturated heterocycles. The molecule has 1 aliphatic carbocycles. The molecule has 0 spiro atoms. The molecule has 0 bridgehead atoms. The normalized spacial score (nSPS) is 17.8. The van der Waals surface area contributed by atoms with Crippen molar-refractivity contribution < 1.29 is 0 Å². The van der Waals surface area contributed by atoms with E-state index in [1.807, 2.05) is 6.07 Å². The number of hydrogen-bond acceptors (Lipinski definition) is 1. The fourth-order valence-electron chi connectivity index (χ4n) is 2.80. The van der Waals surface area contributed by atoms with Gasteiger partial charge in [0.1, 0.15) is 0 Å². The summed E-state index contributed by atoms with van der Waals surface area (Å²) in [5, 5.41) is 4.49. The van der Waals surface area contributed by atoms with Crippen LogP contribution in [0, 0.1) is 11.3 Å². The van der Waals surface area contributed by atoms with E-state index in [1.54, 1.807) is 0 Å². The van der Waals surface area contributed by atoms with Crippen LogP contribution in [0.5, 0.6) is 0 Å². The Morgan fingerprint density at radius 3 is 2.67 bits per heavy atom. The average Bonchev–Trinajstić information content (AvgIpc) is 2.25. The Balaban J connectivity index is 1.91. The summed E-state index contributed by atoms with van der Waals surface area (Å²) in [6.07, 6.45) is 5.25. The number of halogens is 1. The molecule has 0 aliphatic heterocycles. The highest BCUT2D eigenvalue weighted by molar-refractivity contribution is 6.30. The molecule has 0 heterocycles. The SMILES string of the molecule is CC(C)CNCC1(Cc2cccc(Cl)c2)CCC1. The van der Waals surface area contributed by atoms with Crippen LogP contribution >= 0.6 is 11.6 Å². The lowest BCUT2D eigenvalue weighted by Gasteiger charge is -2.42. The van der Waals surface area contributed by atoms with Crippen molar-refractivity contribution in [3.05, 3.63) is 34.9 Å². The third-order valence-electron chi connectivity index (χ3n) is 3.93. The summed E-state index contributed by atoms with van der Waals surface area (Å²) in [6, 6.07) is 8.33. The highest BCUT2D eigenvalue weighted by atomic mass is 35.5. The fraction of sp³-hybridized carbons (Fsp3) is 0.625. The quantitative estimate of drug-likeness (QED) is 0.809. The van der Waals surface area contributed by atoms with Crippen LogP contribution in [0.1, 0.15) is 38.7 Å². The molecule has 1 aromatic carbocycles. The molecule has 1 aromatic rings. The minimum atomic E-state index is 0.486. The van der Waals surface area contributed by atoms with E-state index in [0.717, 1.165) is 24.0 Å². The smallest absolute Gasteiger partial charge is 0.0408 e.